The molecule has 0 bridgehead atoms. The van der Waals surface area contributed by atoms with E-state index in [1.165, 1.54) is 0 Å². The lowest BCUT2D eigenvalue weighted by Gasteiger charge is -2.23. The maximum atomic E-state index is 9.39. The first kappa shape index (κ1) is 9.81. The van der Waals surface area contributed by atoms with E-state index >= 15 is 0 Å². The highest BCUT2D eigenvalue weighted by Crippen LogP contribution is 2.33. The molecule has 0 aliphatic carbocycles. The van der Waals surface area contributed by atoms with Gasteiger partial charge in [0.2, 0.25) is 0 Å². The molecule has 2 rings (SSSR count). The van der Waals surface area contributed by atoms with Gasteiger partial charge in [0.1, 0.15) is 5.75 Å². The van der Waals surface area contributed by atoms with Crippen LogP contribution in [0, 0.1) is 0 Å². The molecular formula is C11H14ClNO. The number of halogens is 1. The fourth-order valence-electron chi connectivity index (χ4n) is 1.98. The lowest BCUT2D eigenvalue weighted by Crippen LogP contribution is -2.26. The molecule has 0 aromatic heterocycles. The van der Waals surface area contributed by atoms with Crippen molar-refractivity contribution in [2.75, 3.05) is 13.1 Å². The number of aromatic hydroxyl groups is 1. The van der Waals surface area contributed by atoms with Crippen molar-refractivity contribution in [1.82, 2.24) is 5.32 Å². The van der Waals surface area contributed by atoms with Crippen molar-refractivity contribution in [2.24, 2.45) is 0 Å². The van der Waals surface area contributed by atoms with E-state index in [-0.39, 0.29) is 0 Å². The second-order valence-corrected chi connectivity index (χ2v) is 4.14. The van der Waals surface area contributed by atoms with E-state index in [1.807, 2.05) is 0 Å². The number of phenols is 1. The van der Waals surface area contributed by atoms with Gasteiger partial charge in [-0.25, -0.2) is 0 Å². The Morgan fingerprint density at radius 2 is 2.00 bits per heavy atom. The Morgan fingerprint density at radius 3 is 2.71 bits per heavy atom. The van der Waals surface area contributed by atoms with Gasteiger partial charge >= 0.3 is 0 Å². The normalized spacial score (nSPS) is 18.4. The first-order valence-electron chi connectivity index (χ1n) is 4.96. The number of rotatable bonds is 1. The van der Waals surface area contributed by atoms with Gasteiger partial charge in [0.15, 0.2) is 0 Å². The average molecular weight is 212 g/mol. The topological polar surface area (TPSA) is 32.3 Å². The summed E-state index contributed by atoms with van der Waals surface area (Å²) < 4.78 is 0. The maximum absolute atomic E-state index is 9.39. The quantitative estimate of drug-likeness (QED) is 0.748. The molecule has 1 saturated heterocycles. The van der Waals surface area contributed by atoms with E-state index in [4.69, 9.17) is 11.6 Å². The molecule has 1 aliphatic heterocycles. The van der Waals surface area contributed by atoms with Crippen LogP contribution in [0.4, 0.5) is 0 Å². The number of piperidine rings is 1. The number of hydrogen-bond donors (Lipinski definition) is 2. The summed E-state index contributed by atoms with van der Waals surface area (Å²) in [6, 6.07) is 5.19. The average Bonchev–Trinajstić information content (AvgIpc) is 2.23. The summed E-state index contributed by atoms with van der Waals surface area (Å²) in [6.07, 6.45) is 2.20. The first-order valence-corrected chi connectivity index (χ1v) is 5.34. The Kier molecular flexibility index (Phi) is 2.94. The van der Waals surface area contributed by atoms with E-state index in [0.29, 0.717) is 11.7 Å². The molecule has 1 aliphatic rings. The van der Waals surface area contributed by atoms with Crippen LogP contribution in [-0.4, -0.2) is 18.2 Å². The minimum absolute atomic E-state index is 0.308. The van der Waals surface area contributed by atoms with Crippen molar-refractivity contribution in [3.63, 3.8) is 0 Å². The molecule has 0 unspecified atom stereocenters. The number of hydrogen-bond acceptors (Lipinski definition) is 2. The van der Waals surface area contributed by atoms with Crippen molar-refractivity contribution in [2.45, 2.75) is 18.8 Å². The van der Waals surface area contributed by atoms with Crippen LogP contribution in [0.3, 0.4) is 0 Å². The van der Waals surface area contributed by atoms with E-state index in [2.05, 4.69) is 5.32 Å². The van der Waals surface area contributed by atoms with E-state index in [1.54, 1.807) is 18.2 Å². The molecule has 1 aromatic carbocycles. The summed E-state index contributed by atoms with van der Waals surface area (Å²) in [5.41, 5.74) is 1.09. The highest BCUT2D eigenvalue weighted by molar-refractivity contribution is 6.31. The second-order valence-electron chi connectivity index (χ2n) is 3.73. The molecule has 2 nitrogen and oxygen atoms in total. The highest BCUT2D eigenvalue weighted by atomic mass is 35.5. The van der Waals surface area contributed by atoms with Gasteiger partial charge in [-0.1, -0.05) is 11.6 Å². The van der Waals surface area contributed by atoms with Gasteiger partial charge in [0.25, 0.3) is 0 Å². The zero-order chi connectivity index (χ0) is 9.97. The number of benzene rings is 1. The molecular weight excluding hydrogens is 198 g/mol. The molecule has 3 heteroatoms. The minimum Gasteiger partial charge on any atom is -0.508 e. The smallest absolute Gasteiger partial charge is 0.115 e. The lowest BCUT2D eigenvalue weighted by molar-refractivity contribution is 0.451. The Morgan fingerprint density at radius 1 is 1.29 bits per heavy atom. The molecule has 1 aromatic rings. The number of phenolic OH excluding ortho intramolecular Hbond substituents is 1. The van der Waals surface area contributed by atoms with Gasteiger partial charge in [-0.3, -0.25) is 0 Å². The molecule has 0 amide bonds. The fraction of sp³-hybridized carbons (Fsp3) is 0.455. The fourth-order valence-corrected chi connectivity index (χ4v) is 2.25. The summed E-state index contributed by atoms with van der Waals surface area (Å²) in [5, 5.41) is 13.5. The van der Waals surface area contributed by atoms with Crippen LogP contribution in [-0.2, 0) is 0 Å². The summed E-state index contributed by atoms with van der Waals surface area (Å²) in [7, 11) is 0. The van der Waals surface area contributed by atoms with Crippen LogP contribution >= 0.6 is 11.6 Å². The van der Waals surface area contributed by atoms with Crippen molar-refractivity contribution >= 4 is 11.6 Å². The zero-order valence-electron chi connectivity index (χ0n) is 7.96. The SMILES string of the molecule is Oc1ccc(Cl)c(C2CCNCC2)c1. The van der Waals surface area contributed by atoms with Gasteiger partial charge in [-0.05, 0) is 55.6 Å². The standard InChI is InChI=1S/C11H14ClNO/c12-11-2-1-9(14)7-10(11)8-3-5-13-6-4-8/h1-2,7-8,13-14H,3-6H2. The summed E-state index contributed by atoms with van der Waals surface area (Å²) in [5.74, 6) is 0.804. The third kappa shape index (κ3) is 2.02. The van der Waals surface area contributed by atoms with Gasteiger partial charge in [0.05, 0.1) is 0 Å². The van der Waals surface area contributed by atoms with Crippen molar-refractivity contribution in [3.05, 3.63) is 28.8 Å². The van der Waals surface area contributed by atoms with Crippen LogP contribution in [0.1, 0.15) is 24.3 Å². The third-order valence-electron chi connectivity index (χ3n) is 2.76. The summed E-state index contributed by atoms with van der Waals surface area (Å²) in [4.78, 5) is 0. The zero-order valence-corrected chi connectivity index (χ0v) is 8.72. The number of nitrogens with one attached hydrogen (secondary N) is 1. The van der Waals surface area contributed by atoms with Crippen molar-refractivity contribution in [3.8, 4) is 5.75 Å². The molecule has 0 atom stereocenters. The van der Waals surface area contributed by atoms with Crippen LogP contribution in [0.2, 0.25) is 5.02 Å². The Hall–Kier alpha value is -0.730. The Bertz CT molecular complexity index is 321. The van der Waals surface area contributed by atoms with E-state index in [0.717, 1.165) is 36.5 Å². The van der Waals surface area contributed by atoms with Crippen LogP contribution < -0.4 is 5.32 Å². The monoisotopic (exact) mass is 211 g/mol. The largest absolute Gasteiger partial charge is 0.508 e. The van der Waals surface area contributed by atoms with Crippen LogP contribution in [0.15, 0.2) is 18.2 Å². The van der Waals surface area contributed by atoms with Gasteiger partial charge in [-0.2, -0.15) is 0 Å². The van der Waals surface area contributed by atoms with E-state index < -0.39 is 0 Å². The van der Waals surface area contributed by atoms with Gasteiger partial charge in [-0.15, -0.1) is 0 Å². The predicted octanol–water partition coefficient (Wildman–Crippen LogP) is 2.51. The van der Waals surface area contributed by atoms with Gasteiger partial charge in [0, 0.05) is 5.02 Å². The third-order valence-corrected chi connectivity index (χ3v) is 3.10. The van der Waals surface area contributed by atoms with E-state index in [9.17, 15) is 5.11 Å². The lowest BCUT2D eigenvalue weighted by atomic mass is 9.90. The minimum atomic E-state index is 0.308. The van der Waals surface area contributed by atoms with Crippen LogP contribution in [0.5, 0.6) is 5.75 Å². The Labute approximate surface area is 88.9 Å². The molecule has 0 saturated carbocycles. The molecule has 1 fully saturated rings. The highest BCUT2D eigenvalue weighted by Gasteiger charge is 2.17. The molecule has 14 heavy (non-hydrogen) atoms. The second kappa shape index (κ2) is 4.20. The summed E-state index contributed by atoms with van der Waals surface area (Å²) >= 11 is 6.10. The molecule has 76 valence electrons. The molecule has 0 spiro atoms. The van der Waals surface area contributed by atoms with Crippen molar-refractivity contribution < 1.29 is 5.11 Å². The van der Waals surface area contributed by atoms with Crippen molar-refractivity contribution in [1.29, 1.82) is 0 Å². The molecule has 0 radical (unpaired) electrons. The summed E-state index contributed by atoms with van der Waals surface area (Å²) in [6.45, 7) is 2.08. The van der Waals surface area contributed by atoms with Crippen LogP contribution in [0.25, 0.3) is 0 Å². The Balaban J connectivity index is 2.24. The van der Waals surface area contributed by atoms with Gasteiger partial charge < -0.3 is 10.4 Å². The molecule has 2 N–H and O–H groups in total. The first-order chi connectivity index (χ1) is 6.77. The predicted molar refractivity (Wildman–Crippen MR) is 58.0 cm³/mol. The maximum Gasteiger partial charge on any atom is 0.115 e. The molecule has 1 heterocycles.